The molecule has 0 saturated carbocycles. The van der Waals surface area contributed by atoms with Crippen LogP contribution in [0.5, 0.6) is 5.75 Å². The maximum Gasteiger partial charge on any atom is 0.123 e. The fourth-order valence-electron chi connectivity index (χ4n) is 2.83. The van der Waals surface area contributed by atoms with E-state index in [-0.39, 0.29) is 5.92 Å². The van der Waals surface area contributed by atoms with Crippen molar-refractivity contribution in [2.75, 3.05) is 7.11 Å². The van der Waals surface area contributed by atoms with Gasteiger partial charge < -0.3 is 9.30 Å². The van der Waals surface area contributed by atoms with Crippen molar-refractivity contribution in [1.82, 2.24) is 4.57 Å². The van der Waals surface area contributed by atoms with Gasteiger partial charge in [-0.2, -0.15) is 0 Å². The summed E-state index contributed by atoms with van der Waals surface area (Å²) in [4.78, 5) is 0. The Morgan fingerprint density at radius 2 is 1.57 bits per heavy atom. The lowest BCUT2D eigenvalue weighted by Gasteiger charge is -2.21. The van der Waals surface area contributed by atoms with Crippen molar-refractivity contribution < 1.29 is 4.74 Å². The second-order valence-corrected chi connectivity index (χ2v) is 5.13. The van der Waals surface area contributed by atoms with Crippen molar-refractivity contribution >= 4 is 0 Å². The molecule has 0 amide bonds. The quantitative estimate of drug-likeness (QED) is 0.696. The van der Waals surface area contributed by atoms with Crippen LogP contribution in [-0.4, -0.2) is 11.7 Å². The number of hydrogen-bond acceptors (Lipinski definition) is 1. The molecule has 3 aromatic rings. The summed E-state index contributed by atoms with van der Waals surface area (Å²) < 4.78 is 7.75. The first-order chi connectivity index (χ1) is 10.3. The molecule has 3 rings (SSSR count). The third-order valence-corrected chi connectivity index (χ3v) is 3.86. The van der Waals surface area contributed by atoms with E-state index >= 15 is 0 Å². The molecule has 2 aromatic carbocycles. The highest BCUT2D eigenvalue weighted by Gasteiger charge is 2.21. The summed E-state index contributed by atoms with van der Waals surface area (Å²) in [5, 5.41) is 0. The average Bonchev–Trinajstić information content (AvgIpc) is 2.95. The van der Waals surface area contributed by atoms with Gasteiger partial charge in [0.2, 0.25) is 0 Å². The van der Waals surface area contributed by atoms with Gasteiger partial charge in [0.15, 0.2) is 0 Å². The van der Waals surface area contributed by atoms with E-state index in [0.717, 1.165) is 5.75 Å². The van der Waals surface area contributed by atoms with E-state index < -0.39 is 0 Å². The second-order valence-electron chi connectivity index (χ2n) is 5.13. The van der Waals surface area contributed by atoms with Gasteiger partial charge in [-0.3, -0.25) is 0 Å². The van der Waals surface area contributed by atoms with Gasteiger partial charge in [-0.15, -0.1) is 0 Å². The summed E-state index contributed by atoms with van der Waals surface area (Å²) >= 11 is 0. The standard InChI is InChI=1S/C19H19NO/c1-20-14-8-12-17(20)19(15-9-4-3-5-10-15)16-11-6-7-13-18(16)21-2/h3-14,19H,1-2H3. The van der Waals surface area contributed by atoms with Gasteiger partial charge in [0, 0.05) is 24.5 Å². The molecule has 21 heavy (non-hydrogen) atoms. The Morgan fingerprint density at radius 3 is 2.24 bits per heavy atom. The van der Waals surface area contributed by atoms with Crippen LogP contribution in [0.3, 0.4) is 0 Å². The van der Waals surface area contributed by atoms with Crippen LogP contribution in [0.2, 0.25) is 0 Å². The minimum atomic E-state index is 0.169. The summed E-state index contributed by atoms with van der Waals surface area (Å²) in [7, 11) is 3.81. The number of para-hydroxylation sites is 1. The lowest BCUT2D eigenvalue weighted by molar-refractivity contribution is 0.408. The number of hydrogen-bond donors (Lipinski definition) is 0. The number of ether oxygens (including phenoxy) is 1. The van der Waals surface area contributed by atoms with E-state index in [2.05, 4.69) is 66.3 Å². The molecule has 1 aromatic heterocycles. The Labute approximate surface area is 125 Å². The fourth-order valence-corrected chi connectivity index (χ4v) is 2.83. The smallest absolute Gasteiger partial charge is 0.123 e. The predicted octanol–water partition coefficient (Wildman–Crippen LogP) is 4.21. The van der Waals surface area contributed by atoms with Gasteiger partial charge >= 0.3 is 0 Å². The molecular formula is C19H19NO. The third kappa shape index (κ3) is 2.57. The molecular weight excluding hydrogens is 258 g/mol. The molecule has 0 radical (unpaired) electrons. The lowest BCUT2D eigenvalue weighted by Crippen LogP contribution is -2.09. The molecule has 0 N–H and O–H groups in total. The van der Waals surface area contributed by atoms with Gasteiger partial charge in [0.05, 0.1) is 13.0 Å². The Bertz CT molecular complexity index is 715. The van der Waals surface area contributed by atoms with E-state index in [0.29, 0.717) is 0 Å². The third-order valence-electron chi connectivity index (χ3n) is 3.86. The molecule has 0 aliphatic carbocycles. The minimum Gasteiger partial charge on any atom is -0.496 e. The first-order valence-electron chi connectivity index (χ1n) is 7.10. The summed E-state index contributed by atoms with van der Waals surface area (Å²) in [6.45, 7) is 0. The van der Waals surface area contributed by atoms with Gasteiger partial charge in [0.1, 0.15) is 5.75 Å². The summed E-state index contributed by atoms with van der Waals surface area (Å²) in [5.74, 6) is 1.09. The first kappa shape index (κ1) is 13.5. The molecule has 106 valence electrons. The Balaban J connectivity index is 2.20. The van der Waals surface area contributed by atoms with Gasteiger partial charge in [-0.1, -0.05) is 48.5 Å². The first-order valence-corrected chi connectivity index (χ1v) is 7.10. The minimum absolute atomic E-state index is 0.169. The zero-order valence-electron chi connectivity index (χ0n) is 12.4. The summed E-state index contributed by atoms with van der Waals surface area (Å²) in [6.07, 6.45) is 2.08. The van der Waals surface area contributed by atoms with Crippen LogP contribution >= 0.6 is 0 Å². The molecule has 2 nitrogen and oxygen atoms in total. The number of nitrogens with zero attached hydrogens (tertiary/aromatic N) is 1. The van der Waals surface area contributed by atoms with Crippen molar-refractivity contribution in [1.29, 1.82) is 0 Å². The van der Waals surface area contributed by atoms with Crippen LogP contribution in [0, 0.1) is 0 Å². The summed E-state index contributed by atoms with van der Waals surface area (Å²) in [6, 6.07) is 23.1. The van der Waals surface area contributed by atoms with Crippen LogP contribution in [0.25, 0.3) is 0 Å². The normalized spacial score (nSPS) is 12.1. The van der Waals surface area contributed by atoms with E-state index in [1.807, 2.05) is 18.2 Å². The van der Waals surface area contributed by atoms with Crippen LogP contribution in [0.15, 0.2) is 72.9 Å². The van der Waals surface area contributed by atoms with Crippen LogP contribution in [-0.2, 0) is 7.05 Å². The van der Waals surface area contributed by atoms with Crippen molar-refractivity contribution in [3.63, 3.8) is 0 Å². The fraction of sp³-hybridized carbons (Fsp3) is 0.158. The van der Waals surface area contributed by atoms with Crippen molar-refractivity contribution in [3.05, 3.63) is 89.7 Å². The SMILES string of the molecule is COc1ccccc1C(c1ccccc1)c1cccn1C. The average molecular weight is 277 g/mol. The van der Waals surface area contributed by atoms with Gasteiger partial charge in [-0.05, 0) is 23.8 Å². The van der Waals surface area contributed by atoms with Crippen molar-refractivity contribution in [3.8, 4) is 5.75 Å². The Hall–Kier alpha value is -2.48. The van der Waals surface area contributed by atoms with Crippen LogP contribution in [0.4, 0.5) is 0 Å². The molecule has 1 unspecified atom stereocenters. The highest BCUT2D eigenvalue weighted by Crippen LogP contribution is 2.36. The number of aromatic nitrogens is 1. The molecule has 0 bridgehead atoms. The zero-order chi connectivity index (χ0) is 14.7. The second kappa shape index (κ2) is 5.88. The van der Waals surface area contributed by atoms with Crippen molar-refractivity contribution in [2.45, 2.75) is 5.92 Å². The largest absolute Gasteiger partial charge is 0.496 e. The van der Waals surface area contributed by atoms with Crippen LogP contribution < -0.4 is 4.74 Å². The number of methoxy groups -OCH3 is 1. The molecule has 1 atom stereocenters. The van der Waals surface area contributed by atoms with E-state index in [1.54, 1.807) is 7.11 Å². The highest BCUT2D eigenvalue weighted by molar-refractivity contribution is 5.47. The maximum absolute atomic E-state index is 5.58. The van der Waals surface area contributed by atoms with Crippen molar-refractivity contribution in [2.24, 2.45) is 7.05 Å². The lowest BCUT2D eigenvalue weighted by atomic mass is 9.88. The molecule has 0 saturated heterocycles. The molecule has 0 aliphatic heterocycles. The van der Waals surface area contributed by atoms with Gasteiger partial charge in [0.25, 0.3) is 0 Å². The Kier molecular flexibility index (Phi) is 3.78. The number of aryl methyl sites for hydroxylation is 1. The van der Waals surface area contributed by atoms with E-state index in [1.165, 1.54) is 16.8 Å². The zero-order valence-corrected chi connectivity index (χ0v) is 12.4. The maximum atomic E-state index is 5.58. The molecule has 2 heteroatoms. The topological polar surface area (TPSA) is 14.2 Å². The molecule has 0 fully saturated rings. The van der Waals surface area contributed by atoms with E-state index in [9.17, 15) is 0 Å². The highest BCUT2D eigenvalue weighted by atomic mass is 16.5. The number of rotatable bonds is 4. The predicted molar refractivity (Wildman–Crippen MR) is 85.8 cm³/mol. The van der Waals surface area contributed by atoms with Gasteiger partial charge in [-0.25, -0.2) is 0 Å². The number of benzene rings is 2. The summed E-state index contributed by atoms with van der Waals surface area (Å²) in [5.41, 5.74) is 3.71. The van der Waals surface area contributed by atoms with E-state index in [4.69, 9.17) is 4.74 Å². The molecule has 0 spiro atoms. The molecule has 1 heterocycles. The molecule has 0 aliphatic rings. The van der Waals surface area contributed by atoms with Crippen LogP contribution in [0.1, 0.15) is 22.7 Å². The Morgan fingerprint density at radius 1 is 0.857 bits per heavy atom. The monoisotopic (exact) mass is 277 g/mol.